The first kappa shape index (κ1) is 34.8. The molecule has 0 aliphatic carbocycles. The first-order chi connectivity index (χ1) is 30.2. The van der Waals surface area contributed by atoms with E-state index in [-0.39, 0.29) is 0 Å². The van der Waals surface area contributed by atoms with E-state index in [2.05, 4.69) is 152 Å². The Bertz CT molecular complexity index is 3630. The van der Waals surface area contributed by atoms with Crippen LogP contribution < -0.4 is 0 Å². The maximum absolute atomic E-state index is 6.48. The number of aromatic nitrogens is 3. The summed E-state index contributed by atoms with van der Waals surface area (Å²) >= 11 is 0. The van der Waals surface area contributed by atoms with Crippen LogP contribution in [0.15, 0.2) is 217 Å². The summed E-state index contributed by atoms with van der Waals surface area (Å²) in [6, 6.07) is 74.8. The zero-order valence-corrected chi connectivity index (χ0v) is 33.0. The quantitative estimate of drug-likeness (QED) is 0.158. The molecule has 0 aliphatic rings. The van der Waals surface area contributed by atoms with Gasteiger partial charge < -0.3 is 4.42 Å². The molecule has 0 saturated heterocycles. The van der Waals surface area contributed by atoms with Gasteiger partial charge in [0.2, 0.25) is 0 Å². The smallest absolute Gasteiger partial charge is 0.167 e. The second-order valence-electron chi connectivity index (χ2n) is 15.5. The molecule has 2 aromatic heterocycles. The van der Waals surface area contributed by atoms with Crippen LogP contribution in [0.25, 0.3) is 122 Å². The lowest BCUT2D eigenvalue weighted by atomic mass is 9.88. The highest BCUT2D eigenvalue weighted by atomic mass is 16.3. The normalized spacial score (nSPS) is 11.6. The summed E-state index contributed by atoms with van der Waals surface area (Å²) < 4.78 is 6.48. The van der Waals surface area contributed by atoms with Crippen molar-refractivity contribution in [3.8, 4) is 67.5 Å². The van der Waals surface area contributed by atoms with Crippen LogP contribution in [0.1, 0.15) is 0 Å². The highest BCUT2D eigenvalue weighted by Gasteiger charge is 2.20. The van der Waals surface area contributed by atoms with Crippen molar-refractivity contribution in [1.82, 2.24) is 15.0 Å². The van der Waals surface area contributed by atoms with E-state index in [0.29, 0.717) is 17.5 Å². The van der Waals surface area contributed by atoms with Crippen molar-refractivity contribution >= 4 is 54.3 Å². The van der Waals surface area contributed by atoms with Crippen LogP contribution in [0.5, 0.6) is 0 Å². The van der Waals surface area contributed by atoms with E-state index >= 15 is 0 Å². The lowest BCUT2D eigenvalue weighted by molar-refractivity contribution is 0.669. The number of rotatable bonds is 6. The van der Waals surface area contributed by atoms with Gasteiger partial charge in [0.1, 0.15) is 11.2 Å². The lowest BCUT2D eigenvalue weighted by Crippen LogP contribution is -2.01. The average Bonchev–Trinajstić information content (AvgIpc) is 3.73. The van der Waals surface area contributed by atoms with Gasteiger partial charge in [0, 0.05) is 21.9 Å². The van der Waals surface area contributed by atoms with Crippen molar-refractivity contribution in [3.63, 3.8) is 0 Å². The Morgan fingerprint density at radius 3 is 1.51 bits per heavy atom. The maximum atomic E-state index is 6.48. The molecule has 0 radical (unpaired) electrons. The van der Waals surface area contributed by atoms with Gasteiger partial charge in [-0.25, -0.2) is 15.0 Å². The highest BCUT2D eigenvalue weighted by molar-refractivity contribution is 6.18. The third-order valence-electron chi connectivity index (χ3n) is 12.0. The second kappa shape index (κ2) is 14.3. The van der Waals surface area contributed by atoms with Gasteiger partial charge in [0.05, 0.1) is 5.56 Å². The fourth-order valence-corrected chi connectivity index (χ4v) is 8.97. The summed E-state index contributed by atoms with van der Waals surface area (Å²) in [5.74, 6) is 1.77. The first-order valence-corrected chi connectivity index (χ1v) is 20.6. The van der Waals surface area contributed by atoms with Crippen molar-refractivity contribution in [2.75, 3.05) is 0 Å². The lowest BCUT2D eigenvalue weighted by Gasteiger charge is -2.16. The Kier molecular flexibility index (Phi) is 8.13. The minimum atomic E-state index is 0.564. The van der Waals surface area contributed by atoms with E-state index in [1.807, 2.05) is 60.7 Å². The number of hydrogen-bond acceptors (Lipinski definition) is 4. The fourth-order valence-electron chi connectivity index (χ4n) is 8.97. The van der Waals surface area contributed by atoms with Crippen molar-refractivity contribution in [1.29, 1.82) is 0 Å². The molecule has 12 rings (SSSR count). The minimum absolute atomic E-state index is 0.564. The summed E-state index contributed by atoms with van der Waals surface area (Å²) in [4.78, 5) is 15.5. The molecule has 4 heteroatoms. The molecule has 284 valence electrons. The number of furan rings is 1. The number of nitrogens with zero attached hydrogens (tertiary/aromatic N) is 3. The van der Waals surface area contributed by atoms with E-state index in [1.165, 1.54) is 49.4 Å². The van der Waals surface area contributed by atoms with Crippen LogP contribution in [0, 0.1) is 0 Å². The zero-order valence-electron chi connectivity index (χ0n) is 33.0. The molecule has 0 amide bonds. The van der Waals surface area contributed by atoms with Gasteiger partial charge in [0.15, 0.2) is 17.5 Å². The third kappa shape index (κ3) is 5.96. The van der Waals surface area contributed by atoms with Gasteiger partial charge in [0.25, 0.3) is 0 Å². The van der Waals surface area contributed by atoms with Gasteiger partial charge in [-0.3, -0.25) is 0 Å². The van der Waals surface area contributed by atoms with E-state index in [1.54, 1.807) is 0 Å². The Labute approximate surface area is 352 Å². The van der Waals surface area contributed by atoms with Crippen molar-refractivity contribution in [2.45, 2.75) is 0 Å². The standard InChI is InChI=1S/C57H35N3O/c1-3-14-36(15-4-1)37-26-28-38(29-27-37)40-30-31-41-35-52(45-21-10-9-20-44(45)51(41)34-40)46-32-33-49(43-19-8-7-18-42(43)46)56-58-55(39-16-5-2-6-17-39)59-57(60-56)50-24-13-23-48-47-22-11-12-25-53(47)61-54(48)50/h1-35H. The van der Waals surface area contributed by atoms with Crippen LogP contribution >= 0.6 is 0 Å². The molecule has 0 aliphatic heterocycles. The third-order valence-corrected chi connectivity index (χ3v) is 12.0. The molecule has 2 heterocycles. The van der Waals surface area contributed by atoms with Crippen LogP contribution in [0.4, 0.5) is 0 Å². The number of hydrogen-bond donors (Lipinski definition) is 0. The molecule has 0 saturated carbocycles. The SMILES string of the molecule is c1ccc(-c2ccc(-c3ccc4cc(-c5ccc(-c6nc(-c7ccccc7)nc(-c7cccc8c7oc7ccccc78)n6)c6ccccc56)c5ccccc5c4c3)cc2)cc1. The van der Waals surface area contributed by atoms with Gasteiger partial charge >= 0.3 is 0 Å². The van der Waals surface area contributed by atoms with Gasteiger partial charge in [-0.05, 0) is 96.0 Å². The number of fused-ring (bicyclic) bond motifs is 7. The Morgan fingerprint density at radius 2 is 0.770 bits per heavy atom. The summed E-state index contributed by atoms with van der Waals surface area (Å²) in [6.45, 7) is 0. The van der Waals surface area contributed by atoms with Crippen LogP contribution in [0.3, 0.4) is 0 Å². The Morgan fingerprint density at radius 1 is 0.262 bits per heavy atom. The van der Waals surface area contributed by atoms with E-state index in [9.17, 15) is 0 Å². The van der Waals surface area contributed by atoms with Crippen LogP contribution in [-0.4, -0.2) is 15.0 Å². The molecular formula is C57H35N3O. The molecule has 0 bridgehead atoms. The molecule has 4 nitrogen and oxygen atoms in total. The molecule has 0 N–H and O–H groups in total. The topological polar surface area (TPSA) is 51.8 Å². The number of benzene rings is 10. The van der Waals surface area contributed by atoms with Crippen LogP contribution in [0.2, 0.25) is 0 Å². The van der Waals surface area contributed by atoms with Crippen LogP contribution in [-0.2, 0) is 0 Å². The summed E-state index contributed by atoms with van der Waals surface area (Å²) in [5, 5.41) is 9.14. The molecule has 12 aromatic rings. The molecule has 0 fully saturated rings. The molecule has 0 spiro atoms. The van der Waals surface area contributed by atoms with E-state index < -0.39 is 0 Å². The molecule has 61 heavy (non-hydrogen) atoms. The highest BCUT2D eigenvalue weighted by Crippen LogP contribution is 2.42. The van der Waals surface area contributed by atoms with Crippen molar-refractivity contribution < 1.29 is 4.42 Å². The van der Waals surface area contributed by atoms with Gasteiger partial charge in [-0.15, -0.1) is 0 Å². The Balaban J connectivity index is 1.01. The van der Waals surface area contributed by atoms with E-state index in [4.69, 9.17) is 19.4 Å². The predicted molar refractivity (Wildman–Crippen MR) is 252 cm³/mol. The molecular weight excluding hydrogens is 743 g/mol. The monoisotopic (exact) mass is 777 g/mol. The summed E-state index contributed by atoms with van der Waals surface area (Å²) in [6.07, 6.45) is 0. The zero-order chi connectivity index (χ0) is 40.3. The first-order valence-electron chi connectivity index (χ1n) is 20.6. The van der Waals surface area contributed by atoms with Gasteiger partial charge in [-0.2, -0.15) is 0 Å². The second-order valence-corrected chi connectivity index (χ2v) is 15.5. The van der Waals surface area contributed by atoms with Gasteiger partial charge in [-0.1, -0.05) is 182 Å². The Hall–Kier alpha value is -8.21. The van der Waals surface area contributed by atoms with Crippen molar-refractivity contribution in [3.05, 3.63) is 212 Å². The van der Waals surface area contributed by atoms with Crippen molar-refractivity contribution in [2.24, 2.45) is 0 Å². The maximum Gasteiger partial charge on any atom is 0.167 e. The predicted octanol–water partition coefficient (Wildman–Crippen LogP) is 15.2. The summed E-state index contributed by atoms with van der Waals surface area (Å²) in [7, 11) is 0. The molecule has 0 unspecified atom stereocenters. The summed E-state index contributed by atoms with van der Waals surface area (Å²) in [5.41, 5.74) is 11.4. The minimum Gasteiger partial charge on any atom is -0.455 e. The molecule has 0 atom stereocenters. The number of para-hydroxylation sites is 2. The van der Waals surface area contributed by atoms with E-state index in [0.717, 1.165) is 55.0 Å². The molecule has 10 aromatic carbocycles. The largest absolute Gasteiger partial charge is 0.455 e. The average molecular weight is 778 g/mol. The fraction of sp³-hybridized carbons (Fsp3) is 0.